The highest BCUT2D eigenvalue weighted by molar-refractivity contribution is 9.10. The lowest BCUT2D eigenvalue weighted by atomic mass is 10.1. The number of aromatic nitrogens is 3. The van der Waals surface area contributed by atoms with Gasteiger partial charge < -0.3 is 10.1 Å². The largest absolute Gasteiger partial charge is 0.488 e. The highest BCUT2D eigenvalue weighted by Gasteiger charge is 2.14. The van der Waals surface area contributed by atoms with Gasteiger partial charge in [0, 0.05) is 22.6 Å². The summed E-state index contributed by atoms with van der Waals surface area (Å²) in [7, 11) is 0. The Kier molecular flexibility index (Phi) is 5.87. The number of aryl methyl sites for hydroxylation is 2. The molecular weight excluding hydrogens is 448 g/mol. The minimum absolute atomic E-state index is 0.462. The molecule has 146 valence electrons. The fraction of sp³-hybridized carbons (Fsp3) is 0.136. The first-order valence-corrected chi connectivity index (χ1v) is 10.7. The molecule has 0 radical (unpaired) electrons. The first-order chi connectivity index (χ1) is 14.1. The molecule has 0 aliphatic carbocycles. The fourth-order valence-corrected chi connectivity index (χ4v) is 4.13. The highest BCUT2D eigenvalue weighted by Crippen LogP contribution is 2.37. The lowest BCUT2D eigenvalue weighted by Gasteiger charge is -2.10. The van der Waals surface area contributed by atoms with E-state index >= 15 is 0 Å². The second-order valence-electron chi connectivity index (χ2n) is 6.70. The zero-order valence-corrected chi connectivity index (χ0v) is 18.4. The van der Waals surface area contributed by atoms with E-state index in [0.29, 0.717) is 6.61 Å². The van der Waals surface area contributed by atoms with E-state index < -0.39 is 0 Å². The van der Waals surface area contributed by atoms with Crippen LogP contribution in [0.25, 0.3) is 10.6 Å². The smallest absolute Gasteiger partial charge is 0.210 e. The van der Waals surface area contributed by atoms with Crippen molar-refractivity contribution >= 4 is 38.1 Å². The Labute approximate surface area is 181 Å². The van der Waals surface area contributed by atoms with Crippen LogP contribution in [0, 0.1) is 13.8 Å². The van der Waals surface area contributed by atoms with Crippen LogP contribution in [0.3, 0.4) is 0 Å². The minimum atomic E-state index is 0.462. The van der Waals surface area contributed by atoms with Crippen molar-refractivity contribution in [2.24, 2.45) is 0 Å². The molecule has 0 bridgehead atoms. The summed E-state index contributed by atoms with van der Waals surface area (Å²) in [4.78, 5) is 4.04. The summed E-state index contributed by atoms with van der Waals surface area (Å²) in [5.74, 6) is 0.763. The van der Waals surface area contributed by atoms with Crippen LogP contribution in [0.2, 0.25) is 0 Å². The summed E-state index contributed by atoms with van der Waals surface area (Å²) in [5, 5.41) is 13.6. The predicted molar refractivity (Wildman–Crippen MR) is 121 cm³/mol. The van der Waals surface area contributed by atoms with Gasteiger partial charge in [0.15, 0.2) is 5.01 Å². The van der Waals surface area contributed by atoms with Crippen LogP contribution in [0.15, 0.2) is 65.4 Å². The number of nitrogens with zero attached hydrogens (tertiary/aromatic N) is 3. The quantitative estimate of drug-likeness (QED) is 0.361. The van der Waals surface area contributed by atoms with E-state index in [4.69, 9.17) is 4.74 Å². The third-order valence-corrected chi connectivity index (χ3v) is 5.58. The van der Waals surface area contributed by atoms with Crippen LogP contribution in [0.4, 0.5) is 10.8 Å². The van der Waals surface area contributed by atoms with Gasteiger partial charge >= 0.3 is 0 Å². The zero-order chi connectivity index (χ0) is 20.2. The van der Waals surface area contributed by atoms with Crippen molar-refractivity contribution in [1.29, 1.82) is 0 Å². The Morgan fingerprint density at radius 1 is 0.966 bits per heavy atom. The lowest BCUT2D eigenvalue weighted by Crippen LogP contribution is -1.97. The van der Waals surface area contributed by atoms with Gasteiger partial charge in [-0.3, -0.25) is 4.98 Å². The first-order valence-electron chi connectivity index (χ1n) is 9.07. The number of pyridine rings is 1. The molecule has 0 saturated carbocycles. The molecule has 1 N–H and O–H groups in total. The SMILES string of the molecule is Cc1cc(C)cc(Nc2nnc(-c3cc(Br)ccc3OCc3ccncc3)s2)c1. The zero-order valence-electron chi connectivity index (χ0n) is 16.0. The molecular formula is C22H19BrN4OS. The van der Waals surface area contributed by atoms with Crippen LogP contribution in [-0.2, 0) is 6.61 Å². The first kappa shape index (κ1) is 19.5. The van der Waals surface area contributed by atoms with Crippen molar-refractivity contribution in [3.8, 4) is 16.3 Å². The standard InChI is InChI=1S/C22H19BrN4OS/c1-14-9-15(2)11-18(10-14)25-22-27-26-21(29-22)19-12-17(23)3-4-20(19)28-13-16-5-7-24-8-6-16/h3-12H,13H2,1-2H3,(H,25,27). The van der Waals surface area contributed by atoms with Gasteiger partial charge in [0.25, 0.3) is 0 Å². The van der Waals surface area contributed by atoms with Gasteiger partial charge in [-0.05, 0) is 73.0 Å². The summed E-state index contributed by atoms with van der Waals surface area (Å²) >= 11 is 5.04. The Balaban J connectivity index is 1.57. The number of nitrogens with one attached hydrogen (secondary N) is 1. The van der Waals surface area contributed by atoms with Gasteiger partial charge in [0.1, 0.15) is 12.4 Å². The number of hydrogen-bond donors (Lipinski definition) is 1. The Morgan fingerprint density at radius 2 is 1.72 bits per heavy atom. The van der Waals surface area contributed by atoms with Crippen molar-refractivity contribution in [3.05, 3.63) is 82.1 Å². The average Bonchev–Trinajstić information content (AvgIpc) is 3.15. The predicted octanol–water partition coefficient (Wildman–Crippen LogP) is 6.30. The van der Waals surface area contributed by atoms with E-state index in [2.05, 4.69) is 68.5 Å². The summed E-state index contributed by atoms with van der Waals surface area (Å²) in [6, 6.07) is 16.1. The van der Waals surface area contributed by atoms with E-state index in [-0.39, 0.29) is 0 Å². The molecule has 2 heterocycles. The van der Waals surface area contributed by atoms with Crippen molar-refractivity contribution < 1.29 is 4.74 Å². The summed E-state index contributed by atoms with van der Waals surface area (Å²) in [5.41, 5.74) is 5.38. The van der Waals surface area contributed by atoms with Gasteiger partial charge in [-0.25, -0.2) is 0 Å². The second-order valence-corrected chi connectivity index (χ2v) is 8.59. The lowest BCUT2D eigenvalue weighted by molar-refractivity contribution is 0.307. The topological polar surface area (TPSA) is 59.9 Å². The van der Waals surface area contributed by atoms with Gasteiger partial charge in [-0.15, -0.1) is 10.2 Å². The van der Waals surface area contributed by atoms with Crippen LogP contribution in [0.5, 0.6) is 5.75 Å². The molecule has 0 aliphatic rings. The molecule has 0 spiro atoms. The highest BCUT2D eigenvalue weighted by atomic mass is 79.9. The molecule has 2 aromatic heterocycles. The molecule has 0 fully saturated rings. The molecule has 0 saturated heterocycles. The van der Waals surface area contributed by atoms with Crippen molar-refractivity contribution in [1.82, 2.24) is 15.2 Å². The van der Waals surface area contributed by atoms with Crippen LogP contribution >= 0.6 is 27.3 Å². The maximum Gasteiger partial charge on any atom is 0.210 e. The number of halogens is 1. The summed E-state index contributed by atoms with van der Waals surface area (Å²) in [6.07, 6.45) is 3.52. The van der Waals surface area contributed by atoms with Crippen LogP contribution in [0.1, 0.15) is 16.7 Å². The van der Waals surface area contributed by atoms with Gasteiger partial charge in [0.2, 0.25) is 5.13 Å². The maximum absolute atomic E-state index is 6.06. The minimum Gasteiger partial charge on any atom is -0.488 e. The normalized spacial score (nSPS) is 10.7. The Morgan fingerprint density at radius 3 is 2.48 bits per heavy atom. The Hall–Kier alpha value is -2.77. The number of ether oxygens (including phenoxy) is 1. The Bertz CT molecular complexity index is 1110. The van der Waals surface area contributed by atoms with E-state index in [1.807, 2.05) is 30.3 Å². The van der Waals surface area contributed by atoms with Gasteiger partial charge in [-0.1, -0.05) is 33.3 Å². The van der Waals surface area contributed by atoms with Crippen molar-refractivity contribution in [2.45, 2.75) is 20.5 Å². The van der Waals surface area contributed by atoms with Crippen LogP contribution < -0.4 is 10.1 Å². The molecule has 0 aliphatic heterocycles. The fourth-order valence-electron chi connectivity index (χ4n) is 2.99. The van der Waals surface area contributed by atoms with E-state index in [9.17, 15) is 0 Å². The molecule has 29 heavy (non-hydrogen) atoms. The third kappa shape index (κ3) is 4.99. The average molecular weight is 467 g/mol. The van der Waals surface area contributed by atoms with Crippen molar-refractivity contribution in [3.63, 3.8) is 0 Å². The van der Waals surface area contributed by atoms with Crippen LogP contribution in [-0.4, -0.2) is 15.2 Å². The monoisotopic (exact) mass is 466 g/mol. The summed E-state index contributed by atoms with van der Waals surface area (Å²) < 4.78 is 7.02. The van der Waals surface area contributed by atoms with Gasteiger partial charge in [-0.2, -0.15) is 0 Å². The molecule has 5 nitrogen and oxygen atoms in total. The third-order valence-electron chi connectivity index (χ3n) is 4.21. The molecule has 4 aromatic rings. The molecule has 7 heteroatoms. The number of benzene rings is 2. The van der Waals surface area contributed by atoms with E-state index in [1.165, 1.54) is 22.5 Å². The molecule has 0 unspecified atom stereocenters. The maximum atomic E-state index is 6.06. The number of rotatable bonds is 6. The number of hydrogen-bond acceptors (Lipinski definition) is 6. The number of anilines is 2. The second kappa shape index (κ2) is 8.71. The van der Waals surface area contributed by atoms with E-state index in [0.717, 1.165) is 37.2 Å². The molecule has 0 atom stereocenters. The molecule has 2 aromatic carbocycles. The van der Waals surface area contributed by atoms with Gasteiger partial charge in [0.05, 0.1) is 5.56 Å². The van der Waals surface area contributed by atoms with Crippen molar-refractivity contribution in [2.75, 3.05) is 5.32 Å². The summed E-state index contributed by atoms with van der Waals surface area (Å²) in [6.45, 7) is 4.62. The van der Waals surface area contributed by atoms with E-state index in [1.54, 1.807) is 12.4 Å². The molecule has 4 rings (SSSR count). The molecule has 0 amide bonds.